The number of carbonyl (C=O) groups is 1. The highest BCUT2D eigenvalue weighted by molar-refractivity contribution is 7.89. The lowest BCUT2D eigenvalue weighted by Crippen LogP contribution is -2.45. The van der Waals surface area contributed by atoms with E-state index in [9.17, 15) is 41.1 Å². The molecule has 228 valence electrons. The number of aryl methyl sites for hydroxylation is 1. The maximum Gasteiger partial charge on any atom is 0.416 e. The molecule has 0 saturated carbocycles. The first kappa shape index (κ1) is 30.4. The van der Waals surface area contributed by atoms with Crippen LogP contribution in [-0.2, 0) is 27.4 Å². The lowest BCUT2D eigenvalue weighted by Gasteiger charge is -2.23. The van der Waals surface area contributed by atoms with Crippen molar-refractivity contribution in [1.29, 1.82) is 0 Å². The molecule has 1 fully saturated rings. The summed E-state index contributed by atoms with van der Waals surface area (Å²) in [6, 6.07) is 9.81. The Hall–Kier alpha value is -4.01. The summed E-state index contributed by atoms with van der Waals surface area (Å²) in [5, 5.41) is 10.8. The number of aliphatic hydroxyl groups excluding tert-OH is 1. The number of sulfonamides is 1. The molecule has 14 heteroatoms. The van der Waals surface area contributed by atoms with Crippen molar-refractivity contribution >= 4 is 26.8 Å². The zero-order chi connectivity index (χ0) is 31.3. The van der Waals surface area contributed by atoms with Crippen LogP contribution in [0.4, 0.5) is 13.2 Å². The topological polar surface area (TPSA) is 132 Å². The van der Waals surface area contributed by atoms with Gasteiger partial charge < -0.3 is 9.52 Å². The van der Waals surface area contributed by atoms with Crippen LogP contribution in [0.15, 0.2) is 79.9 Å². The number of para-hydroxylation sites is 1. The Balaban J connectivity index is 1.44. The third-order valence-corrected chi connectivity index (χ3v) is 9.17. The van der Waals surface area contributed by atoms with Crippen LogP contribution in [0.25, 0.3) is 16.7 Å². The van der Waals surface area contributed by atoms with Gasteiger partial charge >= 0.3 is 11.9 Å². The summed E-state index contributed by atoms with van der Waals surface area (Å²) in [7, 11) is -4.30. The highest BCUT2D eigenvalue weighted by Gasteiger charge is 2.45. The first-order chi connectivity index (χ1) is 20.2. The highest BCUT2D eigenvalue weighted by atomic mass is 32.2. The molecule has 2 aromatic carbocycles. The minimum Gasteiger partial charge on any atom is -0.443 e. The second-order valence-electron chi connectivity index (χ2n) is 10.6. The average Bonchev–Trinajstić information content (AvgIpc) is 3.56. The van der Waals surface area contributed by atoms with Crippen LogP contribution in [-0.4, -0.2) is 51.4 Å². The van der Waals surface area contributed by atoms with Crippen LogP contribution in [0, 0.1) is 0 Å². The van der Waals surface area contributed by atoms with Crippen LogP contribution >= 0.6 is 0 Å². The zero-order valence-corrected chi connectivity index (χ0v) is 23.9. The molecule has 0 aliphatic carbocycles. The van der Waals surface area contributed by atoms with Crippen molar-refractivity contribution in [3.63, 3.8) is 0 Å². The Kier molecular flexibility index (Phi) is 7.96. The van der Waals surface area contributed by atoms with Gasteiger partial charge in [0.1, 0.15) is 11.6 Å². The van der Waals surface area contributed by atoms with Crippen molar-refractivity contribution in [2.45, 2.75) is 62.6 Å². The van der Waals surface area contributed by atoms with Gasteiger partial charge in [0.15, 0.2) is 5.78 Å². The van der Waals surface area contributed by atoms with E-state index in [-0.39, 0.29) is 42.2 Å². The summed E-state index contributed by atoms with van der Waals surface area (Å²) in [6.45, 7) is 3.05. The summed E-state index contributed by atoms with van der Waals surface area (Å²) in [5.74, 6) is -0.646. The Morgan fingerprint density at radius 3 is 2.40 bits per heavy atom. The number of aliphatic hydroxyl groups is 1. The fourth-order valence-corrected chi connectivity index (χ4v) is 6.85. The van der Waals surface area contributed by atoms with Gasteiger partial charge in [-0.3, -0.25) is 18.7 Å². The predicted molar refractivity (Wildman–Crippen MR) is 150 cm³/mol. The van der Waals surface area contributed by atoms with Crippen molar-refractivity contribution in [3.8, 4) is 5.69 Å². The number of fused-ring (bicyclic) bond motifs is 1. The molecule has 4 aromatic rings. The van der Waals surface area contributed by atoms with E-state index in [1.54, 1.807) is 38.1 Å². The van der Waals surface area contributed by atoms with E-state index in [4.69, 9.17) is 4.42 Å². The second kappa shape index (κ2) is 11.2. The van der Waals surface area contributed by atoms with Crippen LogP contribution in [0.5, 0.6) is 0 Å². The second-order valence-corrected chi connectivity index (χ2v) is 12.4. The molecule has 1 N–H and O–H groups in total. The van der Waals surface area contributed by atoms with E-state index in [1.807, 2.05) is 0 Å². The number of hydrogen-bond acceptors (Lipinski definition) is 7. The van der Waals surface area contributed by atoms with Crippen LogP contribution < -0.4 is 11.2 Å². The van der Waals surface area contributed by atoms with E-state index in [0.717, 1.165) is 37.7 Å². The quantitative estimate of drug-likeness (QED) is 0.318. The zero-order valence-electron chi connectivity index (χ0n) is 23.1. The van der Waals surface area contributed by atoms with Crippen LogP contribution in [0.2, 0.25) is 0 Å². The van der Waals surface area contributed by atoms with Crippen molar-refractivity contribution in [3.05, 3.63) is 92.8 Å². The number of halogens is 3. The average molecular weight is 620 g/mol. The molecule has 5 rings (SSSR count). The fourth-order valence-electron chi connectivity index (χ4n) is 5.25. The van der Waals surface area contributed by atoms with E-state index < -0.39 is 57.0 Å². The lowest BCUT2D eigenvalue weighted by molar-refractivity contribution is -0.137. The van der Waals surface area contributed by atoms with Crippen molar-refractivity contribution < 1.29 is 35.9 Å². The Morgan fingerprint density at radius 2 is 1.77 bits per heavy atom. The molecule has 2 atom stereocenters. The number of aromatic nitrogens is 2. The maximum absolute atomic E-state index is 13.4. The van der Waals surface area contributed by atoms with E-state index in [1.165, 1.54) is 12.3 Å². The monoisotopic (exact) mass is 619 g/mol. The Morgan fingerprint density at radius 1 is 1.09 bits per heavy atom. The molecular formula is C29H28F3N3O7S. The molecule has 1 aliphatic rings. The van der Waals surface area contributed by atoms with E-state index >= 15 is 0 Å². The summed E-state index contributed by atoms with van der Waals surface area (Å²) >= 11 is 0. The number of alkyl halides is 3. The smallest absolute Gasteiger partial charge is 0.416 e. The van der Waals surface area contributed by atoms with Gasteiger partial charge in [-0.2, -0.15) is 17.5 Å². The number of hydrogen-bond donors (Lipinski definition) is 1. The first-order valence-corrected chi connectivity index (χ1v) is 14.9. The van der Waals surface area contributed by atoms with E-state index in [0.29, 0.717) is 11.0 Å². The van der Waals surface area contributed by atoms with Crippen molar-refractivity contribution in [2.75, 3.05) is 6.54 Å². The Labute approximate surface area is 243 Å². The minimum atomic E-state index is -4.58. The summed E-state index contributed by atoms with van der Waals surface area (Å²) in [5.41, 5.74) is -1.94. The number of benzene rings is 2. The molecule has 3 heterocycles. The molecule has 10 nitrogen and oxygen atoms in total. The largest absolute Gasteiger partial charge is 0.443 e. The maximum atomic E-state index is 13.4. The molecular weight excluding hydrogens is 591 g/mol. The van der Waals surface area contributed by atoms with Gasteiger partial charge in [0.2, 0.25) is 5.09 Å². The van der Waals surface area contributed by atoms with Crippen molar-refractivity contribution in [2.24, 2.45) is 0 Å². The first-order valence-electron chi connectivity index (χ1n) is 13.5. The summed E-state index contributed by atoms with van der Waals surface area (Å²) in [6.07, 6.45) is -5.26. The normalized spacial score (nSPS) is 18.1. The summed E-state index contributed by atoms with van der Waals surface area (Å²) in [4.78, 5) is 39.7. The van der Waals surface area contributed by atoms with Gasteiger partial charge in [0, 0.05) is 42.2 Å². The SMILES string of the molecule is CC(C)n1c(=O)c(CCC(=O)[C@@H]2[C@@H](O)CCN2S(=O)(=O)c2cc3ccccc3o2)cn(-c2ccc(C(F)(F)F)cc2)c1=O. The molecule has 0 radical (unpaired) electrons. The van der Waals surface area contributed by atoms with Gasteiger partial charge in [-0.15, -0.1) is 0 Å². The molecule has 43 heavy (non-hydrogen) atoms. The number of rotatable bonds is 8. The molecule has 0 unspecified atom stereocenters. The third kappa shape index (κ3) is 5.69. The third-order valence-electron chi connectivity index (χ3n) is 7.44. The van der Waals surface area contributed by atoms with Gasteiger partial charge in [0.05, 0.1) is 17.4 Å². The van der Waals surface area contributed by atoms with Crippen molar-refractivity contribution in [1.82, 2.24) is 13.4 Å². The van der Waals surface area contributed by atoms with Gasteiger partial charge in [-0.1, -0.05) is 18.2 Å². The number of ketones is 1. The molecule has 0 bridgehead atoms. The molecule has 0 amide bonds. The molecule has 1 aliphatic heterocycles. The standard InChI is InChI=1S/C29H28F3N3O7S/c1-17(2)35-27(38)19(16-33(28(35)39)21-10-8-20(9-11-21)29(30,31)32)7-12-22(36)26-23(37)13-14-34(26)43(40,41)25-15-18-5-3-4-6-24(18)42-25/h3-6,8-11,15-17,23,26,37H,7,12-14H2,1-2H3/t23-,26+/m0/s1. The highest BCUT2D eigenvalue weighted by Crippen LogP contribution is 2.32. The number of Topliss-reactive ketones (excluding diaryl/α,β-unsaturated/α-hetero) is 1. The van der Waals surface area contributed by atoms with Crippen LogP contribution in [0.1, 0.15) is 43.9 Å². The van der Waals surface area contributed by atoms with Gasteiger partial charge in [-0.05, 0) is 57.0 Å². The van der Waals surface area contributed by atoms with Gasteiger partial charge in [0.25, 0.3) is 15.6 Å². The summed E-state index contributed by atoms with van der Waals surface area (Å²) < 4.78 is 74.4. The lowest BCUT2D eigenvalue weighted by atomic mass is 10.0. The van der Waals surface area contributed by atoms with Gasteiger partial charge in [-0.25, -0.2) is 13.2 Å². The number of carbonyl (C=O) groups excluding carboxylic acids is 1. The Bertz CT molecular complexity index is 1880. The van der Waals surface area contributed by atoms with Crippen LogP contribution in [0.3, 0.4) is 0 Å². The molecule has 0 spiro atoms. The van der Waals surface area contributed by atoms with E-state index in [2.05, 4.69) is 0 Å². The minimum absolute atomic E-state index is 0.00875. The fraction of sp³-hybridized carbons (Fsp3) is 0.345. The number of nitrogens with zero attached hydrogens (tertiary/aromatic N) is 3. The molecule has 2 aromatic heterocycles. The predicted octanol–water partition coefficient (Wildman–Crippen LogP) is 3.67. The molecule has 1 saturated heterocycles. The number of furan rings is 1.